The van der Waals surface area contributed by atoms with E-state index < -0.39 is 17.9 Å². The minimum Gasteiger partial charge on any atom is -0.339 e. The third-order valence-corrected chi connectivity index (χ3v) is 2.97. The van der Waals surface area contributed by atoms with Crippen LogP contribution < -0.4 is 16.4 Å². The van der Waals surface area contributed by atoms with Crippen molar-refractivity contribution >= 4 is 23.8 Å². The number of nitrogens with one attached hydrogen (secondary N) is 2. The first-order chi connectivity index (χ1) is 10.1. The Kier molecular flexibility index (Phi) is 4.78. The zero-order valence-corrected chi connectivity index (χ0v) is 11.3. The van der Waals surface area contributed by atoms with Crippen molar-refractivity contribution in [2.24, 2.45) is 5.73 Å². The van der Waals surface area contributed by atoms with Crippen LogP contribution in [0.2, 0.25) is 0 Å². The van der Waals surface area contributed by atoms with Gasteiger partial charge < -0.3 is 11.1 Å². The molecule has 3 amide bonds. The largest absolute Gasteiger partial charge is 0.339 e. The summed E-state index contributed by atoms with van der Waals surface area (Å²) in [7, 11) is 0. The second-order valence-electron chi connectivity index (χ2n) is 4.56. The van der Waals surface area contributed by atoms with Gasteiger partial charge in [-0.15, -0.1) is 0 Å². The van der Waals surface area contributed by atoms with E-state index in [0.29, 0.717) is 18.7 Å². The first-order valence-electron chi connectivity index (χ1n) is 6.58. The van der Waals surface area contributed by atoms with Gasteiger partial charge in [-0.05, 0) is 24.6 Å². The molecule has 1 unspecified atom stereocenters. The molecule has 0 saturated carbocycles. The molecule has 1 aliphatic rings. The highest BCUT2D eigenvalue weighted by Crippen LogP contribution is 2.07. The molecule has 0 bridgehead atoms. The Balaban J connectivity index is 2.05. The number of carbonyl (C=O) groups excluding carboxylic acids is 3. The third-order valence-electron chi connectivity index (χ3n) is 2.97. The Bertz CT molecular complexity index is 598. The maximum absolute atomic E-state index is 12.1. The van der Waals surface area contributed by atoms with Gasteiger partial charge in [0.15, 0.2) is 0 Å². The molecule has 4 N–H and O–H groups in total. The predicted molar refractivity (Wildman–Crippen MR) is 76.0 cm³/mol. The smallest absolute Gasteiger partial charge is 0.270 e. The number of hydrogen-bond acceptors (Lipinski definition) is 5. The molecular formula is C14H16N4O3. The number of piperidine rings is 1. The molecule has 1 aromatic heterocycles. The minimum absolute atomic E-state index is 0.207. The van der Waals surface area contributed by atoms with E-state index in [4.69, 9.17) is 5.73 Å². The number of nitrogens with zero attached hydrogens (tertiary/aromatic N) is 1. The van der Waals surface area contributed by atoms with Gasteiger partial charge in [0.2, 0.25) is 11.8 Å². The lowest BCUT2D eigenvalue weighted by atomic mass is 10.1. The van der Waals surface area contributed by atoms with Crippen LogP contribution in [0.5, 0.6) is 0 Å². The number of hydrogen-bond donors (Lipinski definition) is 3. The topological polar surface area (TPSA) is 114 Å². The molecule has 1 saturated heterocycles. The lowest BCUT2D eigenvalue weighted by molar-refractivity contribution is -0.134. The summed E-state index contributed by atoms with van der Waals surface area (Å²) < 4.78 is 0. The van der Waals surface area contributed by atoms with Crippen LogP contribution in [0.15, 0.2) is 24.3 Å². The lowest BCUT2D eigenvalue weighted by Gasteiger charge is -2.21. The van der Waals surface area contributed by atoms with Crippen LogP contribution in [-0.4, -0.2) is 35.3 Å². The molecule has 0 aromatic carbocycles. The van der Waals surface area contributed by atoms with Gasteiger partial charge in [-0.2, -0.15) is 0 Å². The van der Waals surface area contributed by atoms with E-state index in [-0.39, 0.29) is 18.0 Å². The van der Waals surface area contributed by atoms with Gasteiger partial charge in [-0.3, -0.25) is 19.7 Å². The molecule has 1 aliphatic heterocycles. The molecule has 2 rings (SSSR count). The zero-order chi connectivity index (χ0) is 15.2. The Morgan fingerprint density at radius 3 is 3.00 bits per heavy atom. The summed E-state index contributed by atoms with van der Waals surface area (Å²) in [5.74, 6) is -1.26. The van der Waals surface area contributed by atoms with Gasteiger partial charge in [-0.1, -0.05) is 12.1 Å². The molecule has 1 fully saturated rings. The van der Waals surface area contributed by atoms with Crippen LogP contribution in [0.4, 0.5) is 0 Å². The average Bonchev–Trinajstić information content (AvgIpc) is 2.48. The zero-order valence-electron chi connectivity index (χ0n) is 11.3. The molecule has 21 heavy (non-hydrogen) atoms. The van der Waals surface area contributed by atoms with Crippen LogP contribution >= 0.6 is 0 Å². The van der Waals surface area contributed by atoms with Gasteiger partial charge in [0.25, 0.3) is 5.91 Å². The van der Waals surface area contributed by atoms with E-state index >= 15 is 0 Å². The summed E-state index contributed by atoms with van der Waals surface area (Å²) in [6.07, 6.45) is 3.94. The molecular weight excluding hydrogens is 272 g/mol. The first-order valence-corrected chi connectivity index (χ1v) is 6.58. The summed E-state index contributed by atoms with van der Waals surface area (Å²) in [6, 6.07) is 4.29. The highest BCUT2D eigenvalue weighted by atomic mass is 16.2. The number of aromatic nitrogens is 1. The van der Waals surface area contributed by atoms with E-state index in [2.05, 4.69) is 15.6 Å². The van der Waals surface area contributed by atoms with E-state index in [1.165, 1.54) is 0 Å². The Morgan fingerprint density at radius 2 is 2.29 bits per heavy atom. The second-order valence-corrected chi connectivity index (χ2v) is 4.56. The minimum atomic E-state index is -0.708. The highest BCUT2D eigenvalue weighted by Gasteiger charge is 2.28. The van der Waals surface area contributed by atoms with Crippen molar-refractivity contribution in [1.29, 1.82) is 0 Å². The fourth-order valence-corrected chi connectivity index (χ4v) is 1.92. The van der Waals surface area contributed by atoms with E-state index in [1.807, 2.05) is 0 Å². The van der Waals surface area contributed by atoms with Crippen molar-refractivity contribution in [3.8, 4) is 0 Å². The fourth-order valence-electron chi connectivity index (χ4n) is 1.92. The van der Waals surface area contributed by atoms with Crippen molar-refractivity contribution in [2.75, 3.05) is 6.54 Å². The van der Waals surface area contributed by atoms with E-state index in [1.54, 1.807) is 30.4 Å². The van der Waals surface area contributed by atoms with Crippen molar-refractivity contribution < 1.29 is 14.4 Å². The quantitative estimate of drug-likeness (QED) is 0.652. The summed E-state index contributed by atoms with van der Waals surface area (Å²) in [5.41, 5.74) is 6.17. The molecule has 2 heterocycles. The number of amides is 3. The maximum Gasteiger partial charge on any atom is 0.270 e. The standard InChI is InChI=1S/C14H16N4O3/c15-8-2-4-9-3-1-5-10(16-9)13(20)17-11-6-7-12(19)18-14(11)21/h1-5,11H,6-8,15H2,(H,17,20)(H,18,19,21)/b4-2+. The molecule has 0 spiro atoms. The van der Waals surface area contributed by atoms with Crippen LogP contribution in [0, 0.1) is 0 Å². The van der Waals surface area contributed by atoms with E-state index in [0.717, 1.165) is 0 Å². The van der Waals surface area contributed by atoms with Crippen molar-refractivity contribution in [3.63, 3.8) is 0 Å². The molecule has 1 aromatic rings. The summed E-state index contributed by atoms with van der Waals surface area (Å²) in [4.78, 5) is 38.9. The monoisotopic (exact) mass is 288 g/mol. The SMILES string of the molecule is NC/C=C/c1cccc(C(=O)NC2CCC(=O)NC2=O)n1. The summed E-state index contributed by atoms with van der Waals surface area (Å²) in [5, 5.41) is 4.76. The van der Waals surface area contributed by atoms with Gasteiger partial charge in [-0.25, -0.2) is 4.98 Å². The molecule has 7 nitrogen and oxygen atoms in total. The van der Waals surface area contributed by atoms with Crippen molar-refractivity contribution in [2.45, 2.75) is 18.9 Å². The van der Waals surface area contributed by atoms with Crippen LogP contribution in [0.1, 0.15) is 29.0 Å². The van der Waals surface area contributed by atoms with Crippen LogP contribution in [0.25, 0.3) is 6.08 Å². The number of pyridine rings is 1. The first kappa shape index (κ1) is 14.9. The van der Waals surface area contributed by atoms with E-state index in [9.17, 15) is 14.4 Å². The van der Waals surface area contributed by atoms with Crippen LogP contribution in [-0.2, 0) is 9.59 Å². The fraction of sp³-hybridized carbons (Fsp3) is 0.286. The normalized spacial score (nSPS) is 18.6. The number of rotatable bonds is 4. The molecule has 110 valence electrons. The number of carbonyl (C=O) groups is 3. The summed E-state index contributed by atoms with van der Waals surface area (Å²) in [6.45, 7) is 0.383. The van der Waals surface area contributed by atoms with Gasteiger partial charge >= 0.3 is 0 Å². The highest BCUT2D eigenvalue weighted by molar-refractivity contribution is 6.03. The predicted octanol–water partition coefficient (Wildman–Crippen LogP) is -0.411. The Labute approximate surface area is 121 Å². The Hall–Kier alpha value is -2.54. The average molecular weight is 288 g/mol. The third kappa shape index (κ3) is 3.96. The maximum atomic E-state index is 12.1. The Morgan fingerprint density at radius 1 is 1.48 bits per heavy atom. The van der Waals surface area contributed by atoms with Gasteiger partial charge in [0, 0.05) is 13.0 Å². The summed E-state index contributed by atoms with van der Waals surface area (Å²) >= 11 is 0. The van der Waals surface area contributed by atoms with Crippen molar-refractivity contribution in [1.82, 2.24) is 15.6 Å². The number of nitrogens with two attached hydrogens (primary N) is 1. The lowest BCUT2D eigenvalue weighted by Crippen LogP contribution is -2.52. The number of imide groups is 1. The van der Waals surface area contributed by atoms with Gasteiger partial charge in [0.05, 0.1) is 5.69 Å². The second kappa shape index (κ2) is 6.76. The molecule has 1 atom stereocenters. The molecule has 0 aliphatic carbocycles. The van der Waals surface area contributed by atoms with Gasteiger partial charge in [0.1, 0.15) is 11.7 Å². The molecule has 7 heteroatoms. The van der Waals surface area contributed by atoms with Crippen LogP contribution in [0.3, 0.4) is 0 Å². The van der Waals surface area contributed by atoms with Crippen molar-refractivity contribution in [3.05, 3.63) is 35.7 Å². The molecule has 0 radical (unpaired) electrons.